The van der Waals surface area contributed by atoms with Crippen LogP contribution in [-0.4, -0.2) is 48.2 Å². The van der Waals surface area contributed by atoms with Crippen molar-refractivity contribution >= 4 is 11.9 Å². The number of hydrogen-bond acceptors (Lipinski definition) is 3. The summed E-state index contributed by atoms with van der Waals surface area (Å²) in [4.78, 5) is 25.1. The van der Waals surface area contributed by atoms with Gasteiger partial charge < -0.3 is 14.7 Å². The number of carboxylic acid groups (broad SMARTS) is 1. The average molecular weight is 297 g/mol. The van der Waals surface area contributed by atoms with E-state index in [9.17, 15) is 9.59 Å². The molecule has 5 nitrogen and oxygen atoms in total. The number of carbonyl (C=O) groups is 2. The molecule has 0 spiro atoms. The van der Waals surface area contributed by atoms with E-state index in [0.29, 0.717) is 32.1 Å². The first-order valence-corrected chi connectivity index (χ1v) is 7.79. The SMILES string of the molecule is CCOCCCN(CC(C)C(=O)O)C(=O)CC1C=CCC1. The Hall–Kier alpha value is -1.36. The predicted molar refractivity (Wildman–Crippen MR) is 81.0 cm³/mol. The Morgan fingerprint density at radius 1 is 1.48 bits per heavy atom. The molecule has 0 saturated carbocycles. The van der Waals surface area contributed by atoms with Crippen molar-refractivity contribution in [2.75, 3.05) is 26.3 Å². The van der Waals surface area contributed by atoms with Gasteiger partial charge in [0.15, 0.2) is 0 Å². The van der Waals surface area contributed by atoms with E-state index in [4.69, 9.17) is 9.84 Å². The highest BCUT2D eigenvalue weighted by atomic mass is 16.5. The van der Waals surface area contributed by atoms with Crippen molar-refractivity contribution in [3.05, 3.63) is 12.2 Å². The number of carboxylic acids is 1. The number of aliphatic carboxylic acids is 1. The molecule has 1 aliphatic carbocycles. The minimum atomic E-state index is -0.863. The molecule has 0 heterocycles. The van der Waals surface area contributed by atoms with Gasteiger partial charge >= 0.3 is 5.97 Å². The van der Waals surface area contributed by atoms with Gasteiger partial charge in [0.2, 0.25) is 5.91 Å². The van der Waals surface area contributed by atoms with Gasteiger partial charge in [0.1, 0.15) is 0 Å². The molecule has 0 saturated heterocycles. The second-order valence-corrected chi connectivity index (χ2v) is 5.60. The topological polar surface area (TPSA) is 66.8 Å². The summed E-state index contributed by atoms with van der Waals surface area (Å²) in [6, 6.07) is 0. The Morgan fingerprint density at radius 2 is 2.24 bits per heavy atom. The molecule has 1 N–H and O–H groups in total. The van der Waals surface area contributed by atoms with Crippen molar-refractivity contribution in [3.8, 4) is 0 Å². The van der Waals surface area contributed by atoms with Gasteiger partial charge in [-0.1, -0.05) is 19.1 Å². The summed E-state index contributed by atoms with van der Waals surface area (Å²) in [6.07, 6.45) is 7.48. The molecule has 0 radical (unpaired) electrons. The fourth-order valence-corrected chi connectivity index (χ4v) is 2.45. The second-order valence-electron chi connectivity index (χ2n) is 5.60. The van der Waals surface area contributed by atoms with E-state index in [-0.39, 0.29) is 12.5 Å². The van der Waals surface area contributed by atoms with Gasteiger partial charge in [-0.2, -0.15) is 0 Å². The minimum Gasteiger partial charge on any atom is -0.481 e. The molecular formula is C16H27NO4. The van der Waals surface area contributed by atoms with E-state index in [1.807, 2.05) is 6.92 Å². The third kappa shape index (κ3) is 6.76. The standard InChI is InChI=1S/C16H27NO4/c1-3-21-10-6-9-17(12-13(2)16(19)20)15(18)11-14-7-4-5-8-14/h4,7,13-14H,3,5-6,8-12H2,1-2H3,(H,19,20). The number of amides is 1. The second kappa shape index (κ2) is 9.55. The Bertz CT molecular complexity index is 367. The van der Waals surface area contributed by atoms with Gasteiger partial charge in [0.25, 0.3) is 0 Å². The zero-order chi connectivity index (χ0) is 15.7. The van der Waals surface area contributed by atoms with Crippen LogP contribution in [0.2, 0.25) is 0 Å². The number of ether oxygens (including phenoxy) is 1. The first-order valence-electron chi connectivity index (χ1n) is 7.79. The maximum Gasteiger partial charge on any atom is 0.308 e. The Balaban J connectivity index is 2.49. The summed E-state index contributed by atoms with van der Waals surface area (Å²) in [5.41, 5.74) is 0. The van der Waals surface area contributed by atoms with Gasteiger partial charge in [-0.3, -0.25) is 9.59 Å². The van der Waals surface area contributed by atoms with E-state index in [1.54, 1.807) is 11.8 Å². The predicted octanol–water partition coefficient (Wildman–Crippen LogP) is 2.32. The van der Waals surface area contributed by atoms with Gasteiger partial charge in [-0.15, -0.1) is 0 Å². The highest BCUT2D eigenvalue weighted by Gasteiger charge is 2.23. The zero-order valence-corrected chi connectivity index (χ0v) is 13.1. The van der Waals surface area contributed by atoms with Crippen molar-refractivity contribution in [1.29, 1.82) is 0 Å². The normalized spacial score (nSPS) is 18.7. The first-order chi connectivity index (χ1) is 10.0. The van der Waals surface area contributed by atoms with Crippen molar-refractivity contribution in [3.63, 3.8) is 0 Å². The highest BCUT2D eigenvalue weighted by Crippen LogP contribution is 2.21. The van der Waals surface area contributed by atoms with Gasteiger partial charge in [0, 0.05) is 32.7 Å². The van der Waals surface area contributed by atoms with Crippen LogP contribution in [0.5, 0.6) is 0 Å². The molecule has 0 aromatic heterocycles. The molecule has 0 fully saturated rings. The Kier molecular flexibility index (Phi) is 8.05. The lowest BCUT2D eigenvalue weighted by atomic mass is 10.0. The molecule has 1 rings (SSSR count). The fraction of sp³-hybridized carbons (Fsp3) is 0.750. The van der Waals surface area contributed by atoms with Crippen LogP contribution in [0.4, 0.5) is 0 Å². The molecule has 2 atom stereocenters. The van der Waals surface area contributed by atoms with Gasteiger partial charge in [-0.25, -0.2) is 0 Å². The van der Waals surface area contributed by atoms with Crippen LogP contribution in [-0.2, 0) is 14.3 Å². The highest BCUT2D eigenvalue weighted by molar-refractivity contribution is 5.78. The molecule has 0 aromatic rings. The van der Waals surface area contributed by atoms with Crippen LogP contribution in [0.1, 0.15) is 39.5 Å². The number of carbonyl (C=O) groups excluding carboxylic acids is 1. The molecule has 120 valence electrons. The van der Waals surface area contributed by atoms with Crippen molar-refractivity contribution < 1.29 is 19.4 Å². The molecule has 21 heavy (non-hydrogen) atoms. The number of nitrogens with zero attached hydrogens (tertiary/aromatic N) is 1. The van der Waals surface area contributed by atoms with Gasteiger partial charge in [0.05, 0.1) is 5.92 Å². The first kappa shape index (κ1) is 17.7. The Labute approximate surface area is 127 Å². The molecule has 2 unspecified atom stereocenters. The lowest BCUT2D eigenvalue weighted by Gasteiger charge is -2.25. The Morgan fingerprint density at radius 3 is 2.81 bits per heavy atom. The number of allylic oxidation sites excluding steroid dienone is 2. The van der Waals surface area contributed by atoms with Crippen molar-refractivity contribution in [2.24, 2.45) is 11.8 Å². The lowest BCUT2D eigenvalue weighted by molar-refractivity contribution is -0.143. The summed E-state index contributed by atoms with van der Waals surface area (Å²) in [5, 5.41) is 9.03. The van der Waals surface area contributed by atoms with Crippen LogP contribution in [0, 0.1) is 11.8 Å². The lowest BCUT2D eigenvalue weighted by Crippen LogP contribution is -2.38. The summed E-state index contributed by atoms with van der Waals surface area (Å²) < 4.78 is 5.28. The van der Waals surface area contributed by atoms with Crippen LogP contribution >= 0.6 is 0 Å². The van der Waals surface area contributed by atoms with E-state index in [2.05, 4.69) is 12.2 Å². The fourth-order valence-electron chi connectivity index (χ4n) is 2.45. The molecule has 0 aliphatic heterocycles. The summed E-state index contributed by atoms with van der Waals surface area (Å²) >= 11 is 0. The van der Waals surface area contributed by atoms with E-state index < -0.39 is 11.9 Å². The van der Waals surface area contributed by atoms with E-state index in [0.717, 1.165) is 19.3 Å². The summed E-state index contributed by atoms with van der Waals surface area (Å²) in [5.74, 6) is -1.04. The molecule has 1 amide bonds. The minimum absolute atomic E-state index is 0.0520. The summed E-state index contributed by atoms with van der Waals surface area (Å²) in [6.45, 7) is 5.67. The largest absolute Gasteiger partial charge is 0.481 e. The van der Waals surface area contributed by atoms with Crippen LogP contribution in [0.25, 0.3) is 0 Å². The number of hydrogen-bond donors (Lipinski definition) is 1. The van der Waals surface area contributed by atoms with E-state index in [1.165, 1.54) is 0 Å². The maximum atomic E-state index is 12.4. The molecule has 0 aromatic carbocycles. The molecule has 5 heteroatoms. The van der Waals surface area contributed by atoms with Gasteiger partial charge in [-0.05, 0) is 32.1 Å². The quantitative estimate of drug-likeness (QED) is 0.496. The van der Waals surface area contributed by atoms with Crippen LogP contribution < -0.4 is 0 Å². The van der Waals surface area contributed by atoms with E-state index >= 15 is 0 Å². The van der Waals surface area contributed by atoms with Crippen LogP contribution in [0.3, 0.4) is 0 Å². The molecule has 0 bridgehead atoms. The van der Waals surface area contributed by atoms with Crippen molar-refractivity contribution in [2.45, 2.75) is 39.5 Å². The summed E-state index contributed by atoms with van der Waals surface area (Å²) in [7, 11) is 0. The third-order valence-electron chi connectivity index (χ3n) is 3.74. The molecular weight excluding hydrogens is 270 g/mol. The average Bonchev–Trinajstić information content (AvgIpc) is 2.94. The smallest absolute Gasteiger partial charge is 0.308 e. The third-order valence-corrected chi connectivity index (χ3v) is 3.74. The van der Waals surface area contributed by atoms with Crippen LogP contribution in [0.15, 0.2) is 12.2 Å². The monoisotopic (exact) mass is 297 g/mol. The number of rotatable bonds is 10. The van der Waals surface area contributed by atoms with Crippen molar-refractivity contribution in [1.82, 2.24) is 4.90 Å². The maximum absolute atomic E-state index is 12.4. The zero-order valence-electron chi connectivity index (χ0n) is 13.1. The molecule has 1 aliphatic rings.